The van der Waals surface area contributed by atoms with Gasteiger partial charge in [-0.1, -0.05) is 53.5 Å². The number of amides is 1. The third-order valence-electron chi connectivity index (χ3n) is 7.45. The molecule has 38 heavy (non-hydrogen) atoms. The monoisotopic (exact) mass is 570 g/mol. The minimum absolute atomic E-state index is 0.167. The second-order valence-corrected chi connectivity index (χ2v) is 12.2. The first-order valence-corrected chi connectivity index (χ1v) is 15.2. The fourth-order valence-corrected chi connectivity index (χ4v) is 6.23. The number of para-hydroxylation sites is 1. The Kier molecular flexibility index (Phi) is 9.63. The first-order valence-electron chi connectivity index (χ1n) is 13.6. The molecule has 0 spiro atoms. The molecule has 0 bridgehead atoms. The predicted octanol–water partition coefficient (Wildman–Crippen LogP) is 5.65. The summed E-state index contributed by atoms with van der Waals surface area (Å²) in [5.74, 6) is 0.859. The highest BCUT2D eigenvalue weighted by atomic mass is 35.5. The van der Waals surface area contributed by atoms with Crippen molar-refractivity contribution >= 4 is 46.1 Å². The summed E-state index contributed by atoms with van der Waals surface area (Å²) >= 11 is 14.4. The SMILES string of the molecule is O=C([C@@H](Cc1ccc(Cl)cc1Cl)NCC1CC1)N1CCN(c2ccccc2CNCCc2cccs2)CC1. The lowest BCUT2D eigenvalue weighted by Crippen LogP contribution is -2.55. The molecular formula is C30H36Cl2N4OS. The zero-order valence-electron chi connectivity index (χ0n) is 21.7. The van der Waals surface area contributed by atoms with E-state index in [1.807, 2.05) is 28.4 Å². The molecule has 1 amide bonds. The Morgan fingerprint density at radius 3 is 2.55 bits per heavy atom. The number of thiophene rings is 1. The Morgan fingerprint density at radius 2 is 1.82 bits per heavy atom. The summed E-state index contributed by atoms with van der Waals surface area (Å²) in [5.41, 5.74) is 3.52. The molecule has 202 valence electrons. The van der Waals surface area contributed by atoms with Gasteiger partial charge in [0.05, 0.1) is 6.04 Å². The fraction of sp³-hybridized carbons (Fsp3) is 0.433. The quantitative estimate of drug-likeness (QED) is 0.276. The Labute approximate surface area is 240 Å². The second kappa shape index (κ2) is 13.3. The number of halogens is 2. The topological polar surface area (TPSA) is 47.6 Å². The molecule has 1 aliphatic heterocycles. The number of hydrogen-bond acceptors (Lipinski definition) is 5. The summed E-state index contributed by atoms with van der Waals surface area (Å²) in [6.45, 7) is 5.78. The van der Waals surface area contributed by atoms with Gasteiger partial charge in [-0.3, -0.25) is 4.79 Å². The summed E-state index contributed by atoms with van der Waals surface area (Å²) in [7, 11) is 0. The first-order chi connectivity index (χ1) is 18.6. The van der Waals surface area contributed by atoms with Crippen molar-refractivity contribution < 1.29 is 4.79 Å². The van der Waals surface area contributed by atoms with Crippen molar-refractivity contribution in [1.29, 1.82) is 0 Å². The summed E-state index contributed by atoms with van der Waals surface area (Å²) in [6, 6.07) is 18.2. The number of carbonyl (C=O) groups is 1. The number of benzene rings is 2. The highest BCUT2D eigenvalue weighted by molar-refractivity contribution is 7.09. The van der Waals surface area contributed by atoms with Crippen LogP contribution in [0.5, 0.6) is 0 Å². The van der Waals surface area contributed by atoms with Crippen molar-refractivity contribution in [3.63, 3.8) is 0 Å². The maximum atomic E-state index is 13.7. The molecule has 1 aromatic heterocycles. The van der Waals surface area contributed by atoms with Gasteiger partial charge in [0.1, 0.15) is 0 Å². The van der Waals surface area contributed by atoms with Crippen LogP contribution in [0.1, 0.15) is 28.8 Å². The molecule has 1 aliphatic carbocycles. The molecule has 3 aromatic rings. The Bertz CT molecular complexity index is 1190. The van der Waals surface area contributed by atoms with Gasteiger partial charge >= 0.3 is 0 Å². The number of carbonyl (C=O) groups excluding carboxylic acids is 1. The van der Waals surface area contributed by atoms with Crippen molar-refractivity contribution in [3.8, 4) is 0 Å². The van der Waals surface area contributed by atoms with E-state index in [1.165, 1.54) is 29.0 Å². The van der Waals surface area contributed by atoms with E-state index in [-0.39, 0.29) is 11.9 Å². The van der Waals surface area contributed by atoms with E-state index in [4.69, 9.17) is 23.2 Å². The van der Waals surface area contributed by atoms with E-state index in [0.717, 1.165) is 57.8 Å². The lowest BCUT2D eigenvalue weighted by molar-refractivity contribution is -0.133. The lowest BCUT2D eigenvalue weighted by atomic mass is 10.0. The minimum Gasteiger partial charge on any atom is -0.368 e. The zero-order valence-corrected chi connectivity index (χ0v) is 24.0. The maximum Gasteiger partial charge on any atom is 0.240 e. The van der Waals surface area contributed by atoms with Gasteiger partial charge in [0, 0.05) is 59.9 Å². The van der Waals surface area contributed by atoms with E-state index in [0.29, 0.717) is 22.4 Å². The van der Waals surface area contributed by atoms with Gasteiger partial charge in [-0.15, -0.1) is 11.3 Å². The van der Waals surface area contributed by atoms with Crippen molar-refractivity contribution in [2.45, 2.75) is 38.3 Å². The molecule has 2 fully saturated rings. The summed E-state index contributed by atoms with van der Waals surface area (Å²) < 4.78 is 0. The Hall–Kier alpha value is -2.09. The van der Waals surface area contributed by atoms with Crippen LogP contribution in [0.2, 0.25) is 10.0 Å². The van der Waals surface area contributed by atoms with Gasteiger partial charge in [0.15, 0.2) is 0 Å². The molecule has 5 nitrogen and oxygen atoms in total. The van der Waals surface area contributed by atoms with E-state index >= 15 is 0 Å². The number of piperazine rings is 1. The van der Waals surface area contributed by atoms with Gasteiger partial charge in [-0.2, -0.15) is 0 Å². The van der Waals surface area contributed by atoms with Gasteiger partial charge in [-0.25, -0.2) is 0 Å². The number of anilines is 1. The third kappa shape index (κ3) is 7.51. The van der Waals surface area contributed by atoms with E-state index in [1.54, 1.807) is 6.07 Å². The van der Waals surface area contributed by atoms with Crippen LogP contribution in [-0.2, 0) is 24.2 Å². The molecule has 0 unspecified atom stereocenters. The average molecular weight is 572 g/mol. The number of rotatable bonds is 12. The molecule has 2 N–H and O–H groups in total. The van der Waals surface area contributed by atoms with Crippen LogP contribution >= 0.6 is 34.5 Å². The van der Waals surface area contributed by atoms with Gasteiger partial charge in [0.25, 0.3) is 0 Å². The Morgan fingerprint density at radius 1 is 1.00 bits per heavy atom. The van der Waals surface area contributed by atoms with Gasteiger partial charge in [-0.05, 0) is 78.9 Å². The predicted molar refractivity (Wildman–Crippen MR) is 160 cm³/mol. The normalized spacial score (nSPS) is 16.6. The van der Waals surface area contributed by atoms with Crippen LogP contribution < -0.4 is 15.5 Å². The molecule has 1 saturated heterocycles. The lowest BCUT2D eigenvalue weighted by Gasteiger charge is -2.38. The Balaban J connectivity index is 1.17. The van der Waals surface area contributed by atoms with Crippen molar-refractivity contribution in [1.82, 2.24) is 15.5 Å². The molecule has 8 heteroatoms. The molecule has 1 atom stereocenters. The van der Waals surface area contributed by atoms with Crippen LogP contribution in [0.3, 0.4) is 0 Å². The summed E-state index contributed by atoms with van der Waals surface area (Å²) in [5, 5.41) is 10.5. The van der Waals surface area contributed by atoms with Crippen LogP contribution in [0.15, 0.2) is 60.0 Å². The van der Waals surface area contributed by atoms with Gasteiger partial charge < -0.3 is 20.4 Å². The van der Waals surface area contributed by atoms with E-state index in [2.05, 4.69) is 57.3 Å². The van der Waals surface area contributed by atoms with Crippen LogP contribution in [0.25, 0.3) is 0 Å². The van der Waals surface area contributed by atoms with Gasteiger partial charge in [0.2, 0.25) is 5.91 Å². The standard InChI is InChI=1S/C30H36Cl2N4OS/c31-25-10-9-23(27(32)19-25)18-28(34-20-22-7-8-22)30(37)36-15-13-35(14-16-36)29-6-2-1-4-24(29)21-33-12-11-26-5-3-17-38-26/h1-6,9-10,17,19,22,28,33-34H,7-8,11-16,18,20-21H2/t28-/m1/s1. The molecular weight excluding hydrogens is 535 g/mol. The molecule has 2 aliphatic rings. The third-order valence-corrected chi connectivity index (χ3v) is 8.98. The summed E-state index contributed by atoms with van der Waals surface area (Å²) in [6.07, 6.45) is 4.12. The zero-order chi connectivity index (χ0) is 26.3. The number of nitrogens with zero attached hydrogens (tertiary/aromatic N) is 2. The highest BCUT2D eigenvalue weighted by Gasteiger charge is 2.30. The van der Waals surface area contributed by atoms with Crippen LogP contribution in [-0.4, -0.2) is 56.1 Å². The molecule has 5 rings (SSSR count). The first kappa shape index (κ1) is 27.5. The van der Waals surface area contributed by atoms with Crippen molar-refractivity contribution in [2.75, 3.05) is 44.2 Å². The van der Waals surface area contributed by atoms with E-state index in [9.17, 15) is 4.79 Å². The van der Waals surface area contributed by atoms with E-state index < -0.39 is 0 Å². The second-order valence-electron chi connectivity index (χ2n) is 10.3. The van der Waals surface area contributed by atoms with Crippen LogP contribution in [0, 0.1) is 5.92 Å². The summed E-state index contributed by atoms with van der Waals surface area (Å²) in [4.78, 5) is 19.5. The fourth-order valence-electron chi connectivity index (χ4n) is 5.03. The maximum absolute atomic E-state index is 13.7. The minimum atomic E-state index is -0.277. The average Bonchev–Trinajstić information content (AvgIpc) is 3.62. The number of nitrogens with one attached hydrogen (secondary N) is 2. The highest BCUT2D eigenvalue weighted by Crippen LogP contribution is 2.29. The largest absolute Gasteiger partial charge is 0.368 e. The molecule has 2 aromatic carbocycles. The van der Waals surface area contributed by atoms with Crippen molar-refractivity contribution in [3.05, 3.63) is 86.0 Å². The van der Waals surface area contributed by atoms with Crippen molar-refractivity contribution in [2.24, 2.45) is 5.92 Å². The number of hydrogen-bond donors (Lipinski definition) is 2. The smallest absolute Gasteiger partial charge is 0.240 e. The van der Waals surface area contributed by atoms with Crippen LogP contribution in [0.4, 0.5) is 5.69 Å². The molecule has 1 saturated carbocycles. The molecule has 2 heterocycles. The molecule has 0 radical (unpaired) electrons.